The molecule has 0 aromatic rings. The molecule has 1 aliphatic heterocycles. The van der Waals surface area contributed by atoms with Gasteiger partial charge in [0, 0.05) is 16.7 Å². The molecule has 1 heterocycles. The first-order valence-electron chi connectivity index (χ1n) is 10.0. The summed E-state index contributed by atoms with van der Waals surface area (Å²) in [5, 5.41) is 0. The number of ketones is 2. The lowest BCUT2D eigenvalue weighted by Gasteiger charge is -2.37. The van der Waals surface area contributed by atoms with Gasteiger partial charge in [-0.15, -0.1) is 0 Å². The van der Waals surface area contributed by atoms with Crippen molar-refractivity contribution < 1.29 is 14.3 Å². The zero-order chi connectivity index (χ0) is 19.1. The molecule has 0 radical (unpaired) electrons. The SMILES string of the molecule is CC.CC1CCOC2=C1C(=O)C(=O)C1=C3CCCC(C)(C)C3=CCC=C21. The topological polar surface area (TPSA) is 43.4 Å². The Kier molecular flexibility index (Phi) is 5.09. The number of carbonyl (C=O) groups excluding carboxylic acids is 2. The Morgan fingerprint density at radius 1 is 1.12 bits per heavy atom. The first-order valence-corrected chi connectivity index (χ1v) is 10.0. The minimum Gasteiger partial charge on any atom is -0.492 e. The molecule has 26 heavy (non-hydrogen) atoms. The van der Waals surface area contributed by atoms with Crippen molar-refractivity contribution in [2.45, 2.75) is 66.7 Å². The van der Waals surface area contributed by atoms with Gasteiger partial charge in [-0.3, -0.25) is 9.59 Å². The number of hydrogen-bond acceptors (Lipinski definition) is 3. The molecule has 0 bridgehead atoms. The second-order valence-electron chi connectivity index (χ2n) is 8.00. The predicted octanol–water partition coefficient (Wildman–Crippen LogP) is 5.24. The van der Waals surface area contributed by atoms with Crippen LogP contribution in [0.4, 0.5) is 0 Å². The third kappa shape index (κ3) is 2.82. The summed E-state index contributed by atoms with van der Waals surface area (Å²) < 4.78 is 5.91. The van der Waals surface area contributed by atoms with Crippen molar-refractivity contribution >= 4 is 11.6 Å². The van der Waals surface area contributed by atoms with Crippen LogP contribution in [0.5, 0.6) is 0 Å². The van der Waals surface area contributed by atoms with E-state index in [0.717, 1.165) is 43.3 Å². The Labute approximate surface area is 156 Å². The highest BCUT2D eigenvalue weighted by Gasteiger charge is 2.44. The Morgan fingerprint density at radius 3 is 2.58 bits per heavy atom. The highest BCUT2D eigenvalue weighted by Crippen LogP contribution is 2.49. The zero-order valence-electron chi connectivity index (χ0n) is 16.7. The van der Waals surface area contributed by atoms with Crippen LogP contribution in [0.2, 0.25) is 0 Å². The van der Waals surface area contributed by atoms with E-state index in [1.807, 2.05) is 20.8 Å². The average Bonchev–Trinajstić information content (AvgIpc) is 2.82. The maximum Gasteiger partial charge on any atom is 0.234 e. The summed E-state index contributed by atoms with van der Waals surface area (Å²) in [4.78, 5) is 25.8. The molecule has 0 spiro atoms. The molecule has 0 aromatic carbocycles. The fourth-order valence-corrected chi connectivity index (χ4v) is 4.64. The van der Waals surface area contributed by atoms with Gasteiger partial charge in [0.25, 0.3) is 0 Å². The molecule has 0 aromatic heterocycles. The average molecular weight is 354 g/mol. The van der Waals surface area contributed by atoms with Crippen LogP contribution >= 0.6 is 0 Å². The summed E-state index contributed by atoms with van der Waals surface area (Å²) in [5.74, 6) is 0.106. The highest BCUT2D eigenvalue weighted by molar-refractivity contribution is 6.52. The molecule has 0 amide bonds. The molecule has 1 unspecified atom stereocenters. The number of fused-ring (bicyclic) bond motifs is 3. The molecule has 3 aliphatic carbocycles. The molecule has 1 saturated carbocycles. The highest BCUT2D eigenvalue weighted by atomic mass is 16.5. The van der Waals surface area contributed by atoms with Gasteiger partial charge in [-0.1, -0.05) is 46.8 Å². The predicted molar refractivity (Wildman–Crippen MR) is 104 cm³/mol. The number of ether oxygens (including phenoxy) is 1. The van der Waals surface area contributed by atoms with E-state index in [-0.39, 0.29) is 22.9 Å². The van der Waals surface area contributed by atoms with E-state index in [1.165, 1.54) is 5.57 Å². The van der Waals surface area contributed by atoms with Crippen molar-refractivity contribution in [1.29, 1.82) is 0 Å². The summed E-state index contributed by atoms with van der Waals surface area (Å²) in [6.45, 7) is 11.1. The van der Waals surface area contributed by atoms with Gasteiger partial charge < -0.3 is 4.74 Å². The Hall–Kier alpha value is -1.90. The van der Waals surface area contributed by atoms with Gasteiger partial charge in [0.05, 0.1) is 6.61 Å². The Bertz CT molecular complexity index is 771. The third-order valence-electron chi connectivity index (χ3n) is 5.96. The first-order chi connectivity index (χ1) is 12.4. The van der Waals surface area contributed by atoms with Crippen LogP contribution in [0.25, 0.3) is 0 Å². The van der Waals surface area contributed by atoms with Crippen LogP contribution in [0.1, 0.15) is 66.7 Å². The fourth-order valence-electron chi connectivity index (χ4n) is 4.64. The molecule has 3 heteroatoms. The fraction of sp³-hybridized carbons (Fsp3) is 0.565. The molecular formula is C23H30O3. The Balaban J connectivity index is 0.000000948. The van der Waals surface area contributed by atoms with Crippen LogP contribution < -0.4 is 0 Å². The number of allylic oxidation sites excluding steroid dienone is 6. The molecule has 3 nitrogen and oxygen atoms in total. The quantitative estimate of drug-likeness (QED) is 0.559. The van der Waals surface area contributed by atoms with Crippen LogP contribution in [0.15, 0.2) is 45.8 Å². The molecule has 1 atom stereocenters. The zero-order valence-corrected chi connectivity index (χ0v) is 16.7. The second-order valence-corrected chi connectivity index (χ2v) is 8.00. The van der Waals surface area contributed by atoms with E-state index in [9.17, 15) is 9.59 Å². The van der Waals surface area contributed by atoms with E-state index < -0.39 is 0 Å². The summed E-state index contributed by atoms with van der Waals surface area (Å²) in [6, 6.07) is 0. The lowest BCUT2D eigenvalue weighted by Crippen LogP contribution is -2.35. The van der Waals surface area contributed by atoms with Gasteiger partial charge in [-0.2, -0.15) is 0 Å². The van der Waals surface area contributed by atoms with Crippen LogP contribution in [-0.4, -0.2) is 18.2 Å². The van der Waals surface area contributed by atoms with Crippen molar-refractivity contribution in [3.8, 4) is 0 Å². The van der Waals surface area contributed by atoms with Gasteiger partial charge in [-0.25, -0.2) is 0 Å². The summed E-state index contributed by atoms with van der Waals surface area (Å²) >= 11 is 0. The van der Waals surface area contributed by atoms with E-state index in [0.29, 0.717) is 23.5 Å². The molecule has 4 rings (SSSR count). The van der Waals surface area contributed by atoms with Crippen molar-refractivity contribution in [2.24, 2.45) is 11.3 Å². The molecular weight excluding hydrogens is 324 g/mol. The number of rotatable bonds is 0. The number of Topliss-reactive ketones (excluding diaryl/α,β-unsaturated/α-hetero) is 2. The standard InChI is InChI=1S/C21H24O3.C2H6/c1-12-9-11-24-20-14-6-4-8-15-13(7-5-10-21(15,2)3)17(14)19(23)18(22)16(12)20;1-2/h6,8,12H,4-5,7,9-11H2,1-3H3;1-2H3. The van der Waals surface area contributed by atoms with Gasteiger partial charge in [-0.05, 0) is 54.6 Å². The largest absolute Gasteiger partial charge is 0.492 e. The summed E-state index contributed by atoms with van der Waals surface area (Å²) in [7, 11) is 0. The van der Waals surface area contributed by atoms with Gasteiger partial charge >= 0.3 is 0 Å². The number of carbonyl (C=O) groups is 2. The minimum atomic E-state index is -0.346. The molecule has 1 fully saturated rings. The van der Waals surface area contributed by atoms with Crippen LogP contribution in [-0.2, 0) is 14.3 Å². The summed E-state index contributed by atoms with van der Waals surface area (Å²) in [5.41, 5.74) is 4.50. The van der Waals surface area contributed by atoms with E-state index >= 15 is 0 Å². The van der Waals surface area contributed by atoms with Crippen molar-refractivity contribution in [2.75, 3.05) is 6.61 Å². The minimum absolute atomic E-state index is 0.0581. The van der Waals surface area contributed by atoms with Crippen LogP contribution in [0, 0.1) is 11.3 Å². The molecule has 0 N–H and O–H groups in total. The maximum absolute atomic E-state index is 13.0. The smallest absolute Gasteiger partial charge is 0.234 e. The van der Waals surface area contributed by atoms with Gasteiger partial charge in [0.1, 0.15) is 5.76 Å². The monoisotopic (exact) mass is 354 g/mol. The second kappa shape index (κ2) is 7.02. The first kappa shape index (κ1) is 18.9. The molecule has 4 aliphatic rings. The van der Waals surface area contributed by atoms with E-state index in [2.05, 4.69) is 26.0 Å². The van der Waals surface area contributed by atoms with Crippen LogP contribution in [0.3, 0.4) is 0 Å². The maximum atomic E-state index is 13.0. The van der Waals surface area contributed by atoms with Gasteiger partial charge in [0.2, 0.25) is 11.6 Å². The van der Waals surface area contributed by atoms with Crippen molar-refractivity contribution in [1.82, 2.24) is 0 Å². The Morgan fingerprint density at radius 2 is 1.85 bits per heavy atom. The normalized spacial score (nSPS) is 27.0. The number of hydrogen-bond donors (Lipinski definition) is 0. The lowest BCUT2D eigenvalue weighted by molar-refractivity contribution is -0.133. The van der Waals surface area contributed by atoms with Crippen molar-refractivity contribution in [3.63, 3.8) is 0 Å². The molecule has 0 saturated heterocycles. The van der Waals surface area contributed by atoms with Crippen molar-refractivity contribution in [3.05, 3.63) is 45.8 Å². The third-order valence-corrected chi connectivity index (χ3v) is 5.96. The van der Waals surface area contributed by atoms with E-state index in [4.69, 9.17) is 4.74 Å². The van der Waals surface area contributed by atoms with E-state index in [1.54, 1.807) is 0 Å². The lowest BCUT2D eigenvalue weighted by atomic mass is 9.67. The molecule has 140 valence electrons. The summed E-state index contributed by atoms with van der Waals surface area (Å²) in [6.07, 6.45) is 8.97. The van der Waals surface area contributed by atoms with Gasteiger partial charge in [0.15, 0.2) is 0 Å².